The van der Waals surface area contributed by atoms with Crippen LogP contribution in [0, 0.1) is 0 Å². The molecule has 0 radical (unpaired) electrons. The molecule has 2 aromatic rings. The third kappa shape index (κ3) is 3.77. The lowest BCUT2D eigenvalue weighted by Crippen LogP contribution is -1.89. The molecule has 1 aromatic carbocycles. The van der Waals surface area contributed by atoms with Crippen molar-refractivity contribution < 1.29 is 5.11 Å². The van der Waals surface area contributed by atoms with Crippen molar-refractivity contribution in [3.8, 4) is 17.1 Å². The monoisotopic (exact) mass is 260 g/mol. The average Bonchev–Trinajstić information content (AvgIpc) is 2.94. The van der Waals surface area contributed by atoms with Crippen LogP contribution in [0.4, 0.5) is 0 Å². The molecule has 0 unspecified atom stereocenters. The Kier molecular flexibility index (Phi) is 4.89. The van der Waals surface area contributed by atoms with Gasteiger partial charge in [-0.1, -0.05) is 38.7 Å². The zero-order valence-corrected chi connectivity index (χ0v) is 11.3. The normalized spacial score (nSPS) is 10.8. The van der Waals surface area contributed by atoms with Crippen LogP contribution in [0.25, 0.3) is 11.4 Å². The summed E-state index contributed by atoms with van der Waals surface area (Å²) in [5.74, 6) is 0.626. The molecule has 0 amide bonds. The summed E-state index contributed by atoms with van der Waals surface area (Å²) in [7, 11) is 0. The Hall–Kier alpha value is -1.91. The van der Waals surface area contributed by atoms with Crippen LogP contribution in [0.15, 0.2) is 18.2 Å². The lowest BCUT2D eigenvalue weighted by molar-refractivity contribution is 0.476. The highest BCUT2D eigenvalue weighted by Crippen LogP contribution is 2.27. The van der Waals surface area contributed by atoms with Crippen LogP contribution in [0.5, 0.6) is 5.75 Å². The first-order valence-corrected chi connectivity index (χ1v) is 6.87. The van der Waals surface area contributed by atoms with E-state index in [1.165, 1.54) is 37.7 Å². The predicted octanol–water partition coefficient (Wildman–Crippen LogP) is 3.09. The lowest BCUT2D eigenvalue weighted by Gasteiger charge is -2.05. The van der Waals surface area contributed by atoms with Gasteiger partial charge in [0.2, 0.25) is 5.82 Å². The van der Waals surface area contributed by atoms with Crippen LogP contribution in [-0.2, 0) is 6.42 Å². The number of phenolic OH excluding ortho intramolecular Hbond substituents is 1. The number of benzene rings is 1. The minimum absolute atomic E-state index is 0.191. The Bertz CT molecular complexity index is 496. The Labute approximate surface area is 113 Å². The Balaban J connectivity index is 1.97. The number of phenols is 1. The first-order valence-electron chi connectivity index (χ1n) is 6.87. The van der Waals surface area contributed by atoms with Gasteiger partial charge in [-0.05, 0) is 35.8 Å². The molecule has 102 valence electrons. The molecule has 19 heavy (non-hydrogen) atoms. The van der Waals surface area contributed by atoms with E-state index in [0.29, 0.717) is 11.4 Å². The van der Waals surface area contributed by atoms with Crippen LogP contribution in [0.1, 0.15) is 44.6 Å². The molecule has 0 bridgehead atoms. The lowest BCUT2D eigenvalue weighted by atomic mass is 10.0. The Morgan fingerprint density at radius 3 is 2.74 bits per heavy atom. The SMILES string of the molecule is CCCCCCCc1ccc(O)c(-c2nn[nH]n2)c1. The number of aryl methyl sites for hydroxylation is 1. The van der Waals surface area contributed by atoms with Gasteiger partial charge in [-0.3, -0.25) is 0 Å². The van der Waals surface area contributed by atoms with Crippen LogP contribution < -0.4 is 0 Å². The molecule has 0 spiro atoms. The summed E-state index contributed by atoms with van der Waals surface area (Å²) in [6.45, 7) is 2.22. The molecular formula is C14H20N4O. The van der Waals surface area contributed by atoms with Crippen molar-refractivity contribution in [1.29, 1.82) is 0 Å². The molecule has 1 heterocycles. The number of aromatic hydroxyl groups is 1. The second kappa shape index (κ2) is 6.87. The van der Waals surface area contributed by atoms with Crippen molar-refractivity contribution in [1.82, 2.24) is 20.6 Å². The van der Waals surface area contributed by atoms with E-state index in [1.807, 2.05) is 12.1 Å². The third-order valence-corrected chi connectivity index (χ3v) is 3.22. The van der Waals surface area contributed by atoms with Crippen molar-refractivity contribution in [2.75, 3.05) is 0 Å². The summed E-state index contributed by atoms with van der Waals surface area (Å²) in [4.78, 5) is 0. The topological polar surface area (TPSA) is 74.7 Å². The molecular weight excluding hydrogens is 240 g/mol. The molecule has 0 fully saturated rings. The van der Waals surface area contributed by atoms with Crippen molar-refractivity contribution in [3.05, 3.63) is 23.8 Å². The highest BCUT2D eigenvalue weighted by Gasteiger charge is 2.09. The van der Waals surface area contributed by atoms with E-state index < -0.39 is 0 Å². The largest absolute Gasteiger partial charge is 0.507 e. The summed E-state index contributed by atoms with van der Waals surface area (Å²) in [6, 6.07) is 5.60. The van der Waals surface area contributed by atoms with E-state index in [-0.39, 0.29) is 5.75 Å². The van der Waals surface area contributed by atoms with E-state index in [9.17, 15) is 5.11 Å². The van der Waals surface area contributed by atoms with Gasteiger partial charge < -0.3 is 5.11 Å². The molecule has 0 saturated carbocycles. The predicted molar refractivity (Wildman–Crippen MR) is 73.7 cm³/mol. The van der Waals surface area contributed by atoms with Gasteiger partial charge in [0, 0.05) is 0 Å². The van der Waals surface area contributed by atoms with Gasteiger partial charge in [-0.2, -0.15) is 5.21 Å². The zero-order valence-electron chi connectivity index (χ0n) is 11.3. The number of hydrogen-bond donors (Lipinski definition) is 2. The van der Waals surface area contributed by atoms with E-state index in [0.717, 1.165) is 6.42 Å². The van der Waals surface area contributed by atoms with Crippen LogP contribution in [-0.4, -0.2) is 25.7 Å². The zero-order chi connectivity index (χ0) is 13.5. The molecule has 2 rings (SSSR count). The summed E-state index contributed by atoms with van der Waals surface area (Å²) in [5, 5.41) is 23.5. The summed E-state index contributed by atoms with van der Waals surface area (Å²) in [6.07, 6.45) is 7.33. The van der Waals surface area contributed by atoms with Gasteiger partial charge in [0.1, 0.15) is 5.75 Å². The molecule has 0 aliphatic rings. The van der Waals surface area contributed by atoms with Crippen LogP contribution in [0.2, 0.25) is 0 Å². The number of nitrogens with zero attached hydrogens (tertiary/aromatic N) is 3. The third-order valence-electron chi connectivity index (χ3n) is 3.22. The smallest absolute Gasteiger partial charge is 0.208 e. The highest BCUT2D eigenvalue weighted by atomic mass is 16.3. The van der Waals surface area contributed by atoms with Crippen molar-refractivity contribution >= 4 is 0 Å². The molecule has 1 aromatic heterocycles. The van der Waals surface area contributed by atoms with Gasteiger partial charge in [-0.15, -0.1) is 10.2 Å². The fourth-order valence-corrected chi connectivity index (χ4v) is 2.13. The minimum Gasteiger partial charge on any atom is -0.507 e. The van der Waals surface area contributed by atoms with Gasteiger partial charge >= 0.3 is 0 Å². The summed E-state index contributed by atoms with van der Waals surface area (Å²) in [5.41, 5.74) is 1.84. The van der Waals surface area contributed by atoms with Crippen molar-refractivity contribution in [2.24, 2.45) is 0 Å². The standard InChI is InChI=1S/C14H20N4O/c1-2-3-4-5-6-7-11-8-9-13(19)12(10-11)14-15-17-18-16-14/h8-10,19H,2-7H2,1H3,(H,15,16,17,18). The quantitative estimate of drug-likeness (QED) is 0.750. The number of aromatic amines is 1. The maximum absolute atomic E-state index is 9.83. The number of aromatic nitrogens is 4. The average molecular weight is 260 g/mol. The van der Waals surface area contributed by atoms with Crippen molar-refractivity contribution in [3.63, 3.8) is 0 Å². The second-order valence-electron chi connectivity index (χ2n) is 4.75. The molecule has 2 N–H and O–H groups in total. The first kappa shape index (κ1) is 13.5. The number of tetrazole rings is 1. The molecule has 0 saturated heterocycles. The fraction of sp³-hybridized carbons (Fsp3) is 0.500. The molecule has 5 heteroatoms. The Morgan fingerprint density at radius 2 is 2.00 bits per heavy atom. The van der Waals surface area contributed by atoms with E-state index in [1.54, 1.807) is 6.07 Å². The molecule has 0 aliphatic carbocycles. The van der Waals surface area contributed by atoms with E-state index >= 15 is 0 Å². The molecule has 0 atom stereocenters. The van der Waals surface area contributed by atoms with Gasteiger partial charge in [-0.25, -0.2) is 0 Å². The van der Waals surface area contributed by atoms with Crippen LogP contribution in [0.3, 0.4) is 0 Å². The molecule has 5 nitrogen and oxygen atoms in total. The summed E-state index contributed by atoms with van der Waals surface area (Å²) >= 11 is 0. The Morgan fingerprint density at radius 1 is 1.16 bits per heavy atom. The maximum atomic E-state index is 9.83. The van der Waals surface area contributed by atoms with E-state index in [4.69, 9.17) is 0 Å². The second-order valence-corrected chi connectivity index (χ2v) is 4.75. The van der Waals surface area contributed by atoms with Crippen molar-refractivity contribution in [2.45, 2.75) is 45.4 Å². The van der Waals surface area contributed by atoms with Gasteiger partial charge in [0.05, 0.1) is 5.56 Å². The fourth-order valence-electron chi connectivity index (χ4n) is 2.13. The summed E-state index contributed by atoms with van der Waals surface area (Å²) < 4.78 is 0. The van der Waals surface area contributed by atoms with Gasteiger partial charge in [0.15, 0.2) is 0 Å². The number of unbranched alkanes of at least 4 members (excludes halogenated alkanes) is 4. The number of H-pyrrole nitrogens is 1. The highest BCUT2D eigenvalue weighted by molar-refractivity contribution is 5.63. The first-order chi connectivity index (χ1) is 9.31. The maximum Gasteiger partial charge on any atom is 0.208 e. The molecule has 0 aliphatic heterocycles. The van der Waals surface area contributed by atoms with Gasteiger partial charge in [0.25, 0.3) is 0 Å². The number of hydrogen-bond acceptors (Lipinski definition) is 4. The van der Waals surface area contributed by atoms with Crippen LogP contribution >= 0.6 is 0 Å². The number of nitrogens with one attached hydrogen (secondary N) is 1. The minimum atomic E-state index is 0.191. The van der Waals surface area contributed by atoms with E-state index in [2.05, 4.69) is 27.5 Å². The number of rotatable bonds is 7.